The third-order valence-corrected chi connectivity index (χ3v) is 7.08. The summed E-state index contributed by atoms with van der Waals surface area (Å²) in [4.78, 5) is 14.9. The molecule has 0 N–H and O–H groups in total. The Morgan fingerprint density at radius 1 is 1.05 bits per heavy atom. The Bertz CT molecular complexity index is 464. The number of sulfonamides is 1. The highest BCUT2D eigenvalue weighted by Gasteiger charge is 2.34. The zero-order valence-corrected chi connectivity index (χ0v) is 14.8. The Kier molecular flexibility index (Phi) is 6.26. The van der Waals surface area contributed by atoms with E-state index in [-0.39, 0.29) is 17.6 Å². The number of nitrogens with zero attached hydrogens (tertiary/aromatic N) is 2. The van der Waals surface area contributed by atoms with Gasteiger partial charge in [-0.05, 0) is 39.5 Å². The topological polar surface area (TPSA) is 57.7 Å². The van der Waals surface area contributed by atoms with Crippen molar-refractivity contribution in [1.29, 1.82) is 0 Å². The van der Waals surface area contributed by atoms with Crippen molar-refractivity contribution in [3.8, 4) is 0 Å². The predicted molar refractivity (Wildman–Crippen MR) is 88.0 cm³/mol. The van der Waals surface area contributed by atoms with Gasteiger partial charge in [-0.15, -0.1) is 0 Å². The van der Waals surface area contributed by atoms with Crippen LogP contribution in [0.25, 0.3) is 0 Å². The van der Waals surface area contributed by atoms with E-state index < -0.39 is 10.0 Å². The van der Waals surface area contributed by atoms with E-state index in [0.717, 1.165) is 19.4 Å². The van der Waals surface area contributed by atoms with Gasteiger partial charge in [-0.25, -0.2) is 12.7 Å². The van der Waals surface area contributed by atoms with Crippen LogP contribution in [-0.2, 0) is 14.8 Å². The van der Waals surface area contributed by atoms with E-state index >= 15 is 0 Å². The third-order valence-electron chi connectivity index (χ3n) is 5.20. The highest BCUT2D eigenvalue weighted by molar-refractivity contribution is 7.89. The minimum atomic E-state index is -3.11. The summed E-state index contributed by atoms with van der Waals surface area (Å²) in [6, 6.07) is 0.406. The minimum Gasteiger partial charge on any atom is -0.340 e. The molecule has 0 aromatic heterocycles. The normalized spacial score (nSPS) is 22.6. The Hall–Kier alpha value is -0.620. The average Bonchev–Trinajstić information content (AvgIpc) is 2.56. The van der Waals surface area contributed by atoms with Crippen LogP contribution < -0.4 is 0 Å². The van der Waals surface area contributed by atoms with Gasteiger partial charge >= 0.3 is 0 Å². The Morgan fingerprint density at radius 3 is 2.14 bits per heavy atom. The summed E-state index contributed by atoms with van der Waals surface area (Å²) in [7, 11) is -3.11. The van der Waals surface area contributed by atoms with Crippen molar-refractivity contribution >= 4 is 15.9 Å². The quantitative estimate of drug-likeness (QED) is 0.777. The molecule has 6 heteroatoms. The van der Waals surface area contributed by atoms with E-state index in [4.69, 9.17) is 0 Å². The fraction of sp³-hybridized carbons (Fsp3) is 0.938. The van der Waals surface area contributed by atoms with Crippen LogP contribution in [0.2, 0.25) is 0 Å². The second kappa shape index (κ2) is 7.77. The molecular weight excluding hydrogens is 300 g/mol. The molecule has 22 heavy (non-hydrogen) atoms. The first-order chi connectivity index (χ1) is 10.5. The average molecular weight is 330 g/mol. The second-order valence-corrected chi connectivity index (χ2v) is 8.75. The van der Waals surface area contributed by atoms with Crippen LogP contribution in [0.4, 0.5) is 0 Å². The fourth-order valence-corrected chi connectivity index (χ4v) is 4.92. The van der Waals surface area contributed by atoms with Crippen molar-refractivity contribution in [3.63, 3.8) is 0 Å². The molecule has 2 rings (SSSR count). The first kappa shape index (κ1) is 17.7. The van der Waals surface area contributed by atoms with Gasteiger partial charge in [0.15, 0.2) is 0 Å². The van der Waals surface area contributed by atoms with E-state index in [1.165, 1.54) is 19.3 Å². The molecule has 0 radical (unpaired) electrons. The van der Waals surface area contributed by atoms with Crippen molar-refractivity contribution in [2.24, 2.45) is 5.92 Å². The SMILES string of the molecule is CCN(C(=O)C1CCN(S(=O)(=O)CC)CC1)C1CCCCC1. The maximum Gasteiger partial charge on any atom is 0.226 e. The molecule has 1 saturated carbocycles. The zero-order valence-electron chi connectivity index (χ0n) is 14.0. The van der Waals surface area contributed by atoms with Crippen molar-refractivity contribution in [2.75, 3.05) is 25.4 Å². The molecule has 0 aromatic rings. The molecule has 1 aliphatic carbocycles. The molecule has 128 valence electrons. The van der Waals surface area contributed by atoms with Gasteiger partial charge in [-0.3, -0.25) is 4.79 Å². The molecule has 0 atom stereocenters. The molecule has 0 unspecified atom stereocenters. The van der Waals surface area contributed by atoms with Crippen molar-refractivity contribution in [2.45, 2.75) is 64.8 Å². The van der Waals surface area contributed by atoms with Crippen molar-refractivity contribution in [1.82, 2.24) is 9.21 Å². The first-order valence-electron chi connectivity index (χ1n) is 8.78. The number of hydrogen-bond acceptors (Lipinski definition) is 3. The molecule has 1 aliphatic heterocycles. The molecule has 5 nitrogen and oxygen atoms in total. The number of piperidine rings is 1. The van der Waals surface area contributed by atoms with Crippen LogP contribution in [0.3, 0.4) is 0 Å². The lowest BCUT2D eigenvalue weighted by atomic mass is 9.91. The molecule has 2 aliphatic rings. The summed E-state index contributed by atoms with van der Waals surface area (Å²) in [5.41, 5.74) is 0. The van der Waals surface area contributed by atoms with Crippen molar-refractivity contribution in [3.05, 3.63) is 0 Å². The number of hydrogen-bond donors (Lipinski definition) is 0. The van der Waals surface area contributed by atoms with Gasteiger partial charge < -0.3 is 4.90 Å². The van der Waals surface area contributed by atoms with Gasteiger partial charge in [-0.1, -0.05) is 19.3 Å². The Balaban J connectivity index is 1.93. The summed E-state index contributed by atoms with van der Waals surface area (Å²) >= 11 is 0. The Labute approximate surface area is 135 Å². The number of carbonyl (C=O) groups excluding carboxylic acids is 1. The minimum absolute atomic E-state index is 0.00480. The number of rotatable bonds is 5. The molecule has 1 saturated heterocycles. The van der Waals surface area contributed by atoms with Crippen molar-refractivity contribution < 1.29 is 13.2 Å². The maximum atomic E-state index is 12.8. The van der Waals surface area contributed by atoms with Crippen LogP contribution in [-0.4, -0.2) is 55.0 Å². The molecule has 0 bridgehead atoms. The standard InChI is InChI=1S/C16H30N2O3S/c1-3-18(15-8-6-5-7-9-15)16(19)14-10-12-17(13-11-14)22(20,21)4-2/h14-15H,3-13H2,1-2H3. The summed E-state index contributed by atoms with van der Waals surface area (Å²) in [6.45, 7) is 5.50. The molecular formula is C16H30N2O3S. The molecule has 1 heterocycles. The Morgan fingerprint density at radius 2 is 1.64 bits per heavy atom. The highest BCUT2D eigenvalue weighted by Crippen LogP contribution is 2.27. The zero-order chi connectivity index (χ0) is 16.2. The van der Waals surface area contributed by atoms with Gasteiger partial charge in [0.05, 0.1) is 5.75 Å². The fourth-order valence-electron chi connectivity index (χ4n) is 3.78. The summed E-state index contributed by atoms with van der Waals surface area (Å²) in [5.74, 6) is 0.405. The number of carbonyl (C=O) groups is 1. The summed E-state index contributed by atoms with van der Waals surface area (Å²) in [6.07, 6.45) is 7.33. The lowest BCUT2D eigenvalue weighted by molar-refractivity contribution is -0.139. The number of amides is 1. The summed E-state index contributed by atoms with van der Waals surface area (Å²) in [5, 5.41) is 0. The van der Waals surface area contributed by atoms with Gasteiger partial charge in [0, 0.05) is 31.6 Å². The smallest absolute Gasteiger partial charge is 0.226 e. The third kappa shape index (κ3) is 4.02. The van der Waals surface area contributed by atoms with Gasteiger partial charge in [0.1, 0.15) is 0 Å². The van der Waals surface area contributed by atoms with E-state index in [1.54, 1.807) is 11.2 Å². The molecule has 2 fully saturated rings. The van der Waals surface area contributed by atoms with E-state index in [9.17, 15) is 13.2 Å². The van der Waals surface area contributed by atoms with E-state index in [1.807, 2.05) is 0 Å². The predicted octanol–water partition coefficient (Wildman–Crippen LogP) is 2.23. The van der Waals surface area contributed by atoms with E-state index in [0.29, 0.717) is 32.0 Å². The second-order valence-electron chi connectivity index (χ2n) is 6.49. The lowest BCUT2D eigenvalue weighted by Gasteiger charge is -2.38. The van der Waals surface area contributed by atoms with Crippen LogP contribution >= 0.6 is 0 Å². The van der Waals surface area contributed by atoms with Crippen LogP contribution in [0, 0.1) is 5.92 Å². The van der Waals surface area contributed by atoms with Gasteiger partial charge in [-0.2, -0.15) is 0 Å². The van der Waals surface area contributed by atoms with Crippen LogP contribution in [0.5, 0.6) is 0 Å². The largest absolute Gasteiger partial charge is 0.340 e. The van der Waals surface area contributed by atoms with Crippen LogP contribution in [0.1, 0.15) is 58.8 Å². The lowest BCUT2D eigenvalue weighted by Crippen LogP contribution is -2.48. The molecule has 0 aromatic carbocycles. The van der Waals surface area contributed by atoms with Gasteiger partial charge in [0.2, 0.25) is 15.9 Å². The van der Waals surface area contributed by atoms with E-state index in [2.05, 4.69) is 11.8 Å². The maximum absolute atomic E-state index is 12.8. The molecule has 0 spiro atoms. The first-order valence-corrected chi connectivity index (χ1v) is 10.4. The molecule has 1 amide bonds. The van der Waals surface area contributed by atoms with Gasteiger partial charge in [0.25, 0.3) is 0 Å². The van der Waals surface area contributed by atoms with Crippen LogP contribution in [0.15, 0.2) is 0 Å². The monoisotopic (exact) mass is 330 g/mol. The summed E-state index contributed by atoms with van der Waals surface area (Å²) < 4.78 is 25.3. The highest BCUT2D eigenvalue weighted by atomic mass is 32.2.